The number of carbonyl (C=O) groups is 1. The van der Waals surface area contributed by atoms with Crippen LogP contribution in [0.15, 0.2) is 24.3 Å². The van der Waals surface area contributed by atoms with Crippen molar-refractivity contribution < 1.29 is 15.0 Å². The minimum Gasteiger partial charge on any atom is -0.508 e. The van der Waals surface area contributed by atoms with Gasteiger partial charge in [0, 0.05) is 12.5 Å². The lowest BCUT2D eigenvalue weighted by atomic mass is 9.96. The van der Waals surface area contributed by atoms with E-state index in [0.29, 0.717) is 12.2 Å². The number of aliphatic carboxylic acids is 1. The molecule has 0 bridgehead atoms. The van der Waals surface area contributed by atoms with Gasteiger partial charge in [-0.1, -0.05) is 18.2 Å². The summed E-state index contributed by atoms with van der Waals surface area (Å²) in [5.41, 5.74) is 6.47. The summed E-state index contributed by atoms with van der Waals surface area (Å²) in [4.78, 5) is 9.00. The van der Waals surface area contributed by atoms with Crippen LogP contribution in [0.2, 0.25) is 0 Å². The molecule has 0 aromatic heterocycles. The van der Waals surface area contributed by atoms with Crippen LogP contribution in [0.25, 0.3) is 0 Å². The Balaban J connectivity index is 0.000000487. The maximum atomic E-state index is 9.42. The quantitative estimate of drug-likeness (QED) is 0.716. The second-order valence-electron chi connectivity index (χ2n) is 4.31. The first kappa shape index (κ1) is 14.5. The molecule has 0 fully saturated rings. The van der Waals surface area contributed by atoms with Crippen LogP contribution in [0.1, 0.15) is 26.3 Å². The Labute approximate surface area is 95.7 Å². The van der Waals surface area contributed by atoms with Crippen LogP contribution in [0.5, 0.6) is 5.75 Å². The van der Waals surface area contributed by atoms with Gasteiger partial charge >= 0.3 is 0 Å². The van der Waals surface area contributed by atoms with Crippen molar-refractivity contribution in [3.05, 3.63) is 29.8 Å². The highest BCUT2D eigenvalue weighted by Crippen LogP contribution is 2.19. The predicted molar refractivity (Wildman–Crippen MR) is 63.4 cm³/mol. The van der Waals surface area contributed by atoms with Crippen molar-refractivity contribution in [1.82, 2.24) is 0 Å². The Kier molecular flexibility index (Phi) is 5.53. The summed E-state index contributed by atoms with van der Waals surface area (Å²) in [6.07, 6.45) is 0.694. The van der Waals surface area contributed by atoms with Gasteiger partial charge < -0.3 is 15.9 Å². The average molecular weight is 225 g/mol. The van der Waals surface area contributed by atoms with Gasteiger partial charge in [0.2, 0.25) is 0 Å². The van der Waals surface area contributed by atoms with Gasteiger partial charge in [-0.05, 0) is 31.9 Å². The number of nitrogens with two attached hydrogens (primary N) is 1. The van der Waals surface area contributed by atoms with Gasteiger partial charge in [-0.3, -0.25) is 4.79 Å². The topological polar surface area (TPSA) is 83.5 Å². The van der Waals surface area contributed by atoms with Crippen molar-refractivity contribution in [3.63, 3.8) is 0 Å². The van der Waals surface area contributed by atoms with Crippen LogP contribution in [0.4, 0.5) is 0 Å². The van der Waals surface area contributed by atoms with Gasteiger partial charge in [0.05, 0.1) is 0 Å². The molecule has 0 aliphatic carbocycles. The third-order valence-electron chi connectivity index (χ3n) is 1.64. The number of hydrogen-bond donors (Lipinski definition) is 3. The molecule has 0 radical (unpaired) electrons. The van der Waals surface area contributed by atoms with Crippen molar-refractivity contribution >= 4 is 5.97 Å². The molecule has 4 heteroatoms. The Morgan fingerprint density at radius 2 is 1.81 bits per heavy atom. The molecule has 1 aromatic rings. The zero-order valence-electron chi connectivity index (χ0n) is 9.90. The van der Waals surface area contributed by atoms with Crippen LogP contribution in [-0.2, 0) is 11.2 Å². The van der Waals surface area contributed by atoms with Gasteiger partial charge in [-0.2, -0.15) is 0 Å². The zero-order valence-corrected chi connectivity index (χ0v) is 9.90. The van der Waals surface area contributed by atoms with Crippen molar-refractivity contribution in [1.29, 1.82) is 0 Å². The highest BCUT2D eigenvalue weighted by Gasteiger charge is 2.13. The molecule has 0 atom stereocenters. The lowest BCUT2D eigenvalue weighted by Gasteiger charge is -2.18. The average Bonchev–Trinajstić information content (AvgIpc) is 2.05. The van der Waals surface area contributed by atoms with Gasteiger partial charge in [-0.15, -0.1) is 0 Å². The predicted octanol–water partition coefficient (Wildman–Crippen LogP) is 1.76. The second kappa shape index (κ2) is 6.12. The maximum absolute atomic E-state index is 9.42. The molecule has 4 N–H and O–H groups in total. The minimum absolute atomic E-state index is 0.265. The van der Waals surface area contributed by atoms with E-state index in [1.807, 2.05) is 32.0 Å². The molecule has 0 amide bonds. The largest absolute Gasteiger partial charge is 0.508 e. The summed E-state index contributed by atoms with van der Waals surface area (Å²) in [5, 5.41) is 16.8. The number of phenolic OH excluding ortho intramolecular Hbond substituents is 1. The molecule has 0 saturated carbocycles. The Hall–Kier alpha value is -1.55. The molecular weight excluding hydrogens is 206 g/mol. The first-order valence-corrected chi connectivity index (χ1v) is 4.97. The third-order valence-corrected chi connectivity index (χ3v) is 1.64. The fourth-order valence-corrected chi connectivity index (χ4v) is 1.15. The van der Waals surface area contributed by atoms with E-state index in [0.717, 1.165) is 12.5 Å². The lowest BCUT2D eigenvalue weighted by Crippen LogP contribution is -2.34. The molecule has 0 aliphatic rings. The summed E-state index contributed by atoms with van der Waals surface area (Å²) in [5.74, 6) is -0.504. The molecule has 0 aliphatic heterocycles. The number of carboxylic acids is 1. The third kappa shape index (κ3) is 7.82. The molecule has 90 valence electrons. The van der Waals surface area contributed by atoms with Crippen LogP contribution < -0.4 is 5.73 Å². The van der Waals surface area contributed by atoms with Gasteiger partial charge in [0.25, 0.3) is 5.97 Å². The van der Waals surface area contributed by atoms with Crippen molar-refractivity contribution in [3.8, 4) is 5.75 Å². The fraction of sp³-hybridized carbons (Fsp3) is 0.417. The molecular formula is C12H19NO3. The highest BCUT2D eigenvalue weighted by atomic mass is 16.4. The van der Waals surface area contributed by atoms with Crippen LogP contribution in [0.3, 0.4) is 0 Å². The molecule has 0 heterocycles. The van der Waals surface area contributed by atoms with Crippen molar-refractivity contribution in [2.75, 3.05) is 0 Å². The van der Waals surface area contributed by atoms with E-state index in [9.17, 15) is 5.11 Å². The SMILES string of the molecule is CC(=O)O.CC(C)(N)Cc1ccccc1O. The van der Waals surface area contributed by atoms with E-state index in [1.165, 1.54) is 0 Å². The highest BCUT2D eigenvalue weighted by molar-refractivity contribution is 5.62. The van der Waals surface area contributed by atoms with Crippen LogP contribution in [0, 0.1) is 0 Å². The first-order chi connectivity index (χ1) is 7.22. The normalized spacial score (nSPS) is 10.2. The van der Waals surface area contributed by atoms with E-state index in [-0.39, 0.29) is 5.54 Å². The zero-order chi connectivity index (χ0) is 12.8. The van der Waals surface area contributed by atoms with E-state index >= 15 is 0 Å². The molecule has 1 rings (SSSR count). The molecule has 0 spiro atoms. The number of rotatable bonds is 2. The summed E-state index contributed by atoms with van der Waals surface area (Å²) in [7, 11) is 0. The van der Waals surface area contributed by atoms with Crippen LogP contribution >= 0.6 is 0 Å². The Bertz CT molecular complexity index is 338. The number of aromatic hydroxyl groups is 1. The number of para-hydroxylation sites is 1. The van der Waals surface area contributed by atoms with E-state index in [2.05, 4.69) is 0 Å². The second-order valence-corrected chi connectivity index (χ2v) is 4.31. The first-order valence-electron chi connectivity index (χ1n) is 4.97. The van der Waals surface area contributed by atoms with Crippen molar-refractivity contribution in [2.24, 2.45) is 5.73 Å². The van der Waals surface area contributed by atoms with Gasteiger partial charge in [-0.25, -0.2) is 0 Å². The molecule has 1 aromatic carbocycles. The van der Waals surface area contributed by atoms with E-state index in [1.54, 1.807) is 6.07 Å². The summed E-state index contributed by atoms with van der Waals surface area (Å²) in [6.45, 7) is 4.97. The van der Waals surface area contributed by atoms with E-state index in [4.69, 9.17) is 15.6 Å². The number of benzene rings is 1. The summed E-state index contributed by atoms with van der Waals surface area (Å²) in [6, 6.07) is 7.29. The molecule has 0 unspecified atom stereocenters. The minimum atomic E-state index is -0.833. The number of phenols is 1. The van der Waals surface area contributed by atoms with E-state index < -0.39 is 5.97 Å². The van der Waals surface area contributed by atoms with Crippen molar-refractivity contribution in [2.45, 2.75) is 32.7 Å². The molecule has 0 saturated heterocycles. The van der Waals surface area contributed by atoms with Crippen LogP contribution in [-0.4, -0.2) is 21.7 Å². The summed E-state index contributed by atoms with van der Waals surface area (Å²) >= 11 is 0. The number of carboxylic acid groups (broad SMARTS) is 1. The molecule has 16 heavy (non-hydrogen) atoms. The summed E-state index contributed by atoms with van der Waals surface area (Å²) < 4.78 is 0. The Morgan fingerprint density at radius 1 is 1.38 bits per heavy atom. The van der Waals surface area contributed by atoms with Gasteiger partial charge in [0.15, 0.2) is 0 Å². The maximum Gasteiger partial charge on any atom is 0.300 e. The monoisotopic (exact) mass is 225 g/mol. The van der Waals surface area contributed by atoms with Gasteiger partial charge in [0.1, 0.15) is 5.75 Å². The Morgan fingerprint density at radius 3 is 2.19 bits per heavy atom. The fourth-order valence-electron chi connectivity index (χ4n) is 1.15. The lowest BCUT2D eigenvalue weighted by molar-refractivity contribution is -0.134. The molecule has 4 nitrogen and oxygen atoms in total. The number of hydrogen-bond acceptors (Lipinski definition) is 3. The standard InChI is InChI=1S/C10H15NO.C2H4O2/c1-10(2,11)7-8-5-3-4-6-9(8)12;1-2(3)4/h3-6,12H,7,11H2,1-2H3;1H3,(H,3,4). The smallest absolute Gasteiger partial charge is 0.300 e.